The molecule has 1 saturated heterocycles. The average Bonchev–Trinajstić information content (AvgIpc) is 2.47. The van der Waals surface area contributed by atoms with Crippen LogP contribution in [0, 0.1) is 0 Å². The molecule has 0 saturated carbocycles. The molecule has 2 amide bonds. The topological polar surface area (TPSA) is 58.1 Å². The van der Waals surface area contributed by atoms with Crippen molar-refractivity contribution in [3.8, 4) is 0 Å². The van der Waals surface area contributed by atoms with E-state index >= 15 is 0 Å². The molecule has 0 aliphatic carbocycles. The normalized spacial score (nSPS) is 21.8. The van der Waals surface area contributed by atoms with Gasteiger partial charge in [0.05, 0.1) is 6.54 Å². The molecular weight excluding hydrogens is 168 g/mol. The molecule has 1 aromatic rings. The molecule has 2 heterocycles. The van der Waals surface area contributed by atoms with Gasteiger partial charge in [-0.15, -0.1) is 0 Å². The van der Waals surface area contributed by atoms with Crippen LogP contribution < -0.4 is 10.2 Å². The summed E-state index contributed by atoms with van der Waals surface area (Å²) in [4.78, 5) is 20.9. The van der Waals surface area contributed by atoms with Crippen molar-refractivity contribution in [3.05, 3.63) is 18.5 Å². The first kappa shape index (κ1) is 7.97. The van der Waals surface area contributed by atoms with Gasteiger partial charge in [-0.25, -0.2) is 14.8 Å². The molecule has 1 unspecified atom stereocenters. The second-order valence-electron chi connectivity index (χ2n) is 3.01. The molecule has 5 heteroatoms. The number of nitrogens with zero attached hydrogens (tertiary/aromatic N) is 3. The highest BCUT2D eigenvalue weighted by Gasteiger charge is 2.28. The Morgan fingerprint density at radius 2 is 2.23 bits per heavy atom. The van der Waals surface area contributed by atoms with Gasteiger partial charge in [0, 0.05) is 18.4 Å². The van der Waals surface area contributed by atoms with E-state index in [4.69, 9.17) is 0 Å². The lowest BCUT2D eigenvalue weighted by Crippen LogP contribution is -2.29. The van der Waals surface area contributed by atoms with Crippen LogP contribution in [0.15, 0.2) is 18.5 Å². The summed E-state index contributed by atoms with van der Waals surface area (Å²) in [6.07, 6.45) is 3.25. The maximum atomic E-state index is 11.3. The zero-order chi connectivity index (χ0) is 9.26. The Morgan fingerprint density at radius 1 is 1.54 bits per heavy atom. The third kappa shape index (κ3) is 1.44. The Balaban J connectivity index is 2.23. The number of hydrogen-bond acceptors (Lipinski definition) is 3. The van der Waals surface area contributed by atoms with Crippen molar-refractivity contribution in [1.29, 1.82) is 0 Å². The predicted molar refractivity (Wildman–Crippen MR) is 47.4 cm³/mol. The molecule has 0 bridgehead atoms. The highest BCUT2D eigenvalue weighted by Crippen LogP contribution is 2.10. The van der Waals surface area contributed by atoms with Gasteiger partial charge in [-0.05, 0) is 13.0 Å². The van der Waals surface area contributed by atoms with Crippen molar-refractivity contribution in [2.45, 2.75) is 13.0 Å². The van der Waals surface area contributed by atoms with E-state index in [2.05, 4.69) is 15.3 Å². The van der Waals surface area contributed by atoms with Crippen LogP contribution in [0.4, 0.5) is 10.7 Å². The lowest BCUT2D eigenvalue weighted by Gasteiger charge is -2.10. The Labute approximate surface area is 75.8 Å². The first-order chi connectivity index (χ1) is 6.27. The van der Waals surface area contributed by atoms with Gasteiger partial charge < -0.3 is 5.32 Å². The summed E-state index contributed by atoms with van der Waals surface area (Å²) in [5.74, 6) is 0.462. The van der Waals surface area contributed by atoms with Crippen LogP contribution in [-0.4, -0.2) is 28.6 Å². The lowest BCUT2D eigenvalue weighted by molar-refractivity contribution is 0.251. The fourth-order valence-electron chi connectivity index (χ4n) is 1.29. The fraction of sp³-hybridized carbons (Fsp3) is 0.375. The zero-order valence-corrected chi connectivity index (χ0v) is 7.27. The van der Waals surface area contributed by atoms with Gasteiger partial charge in [0.2, 0.25) is 5.95 Å². The number of urea groups is 1. The van der Waals surface area contributed by atoms with E-state index in [9.17, 15) is 4.79 Å². The van der Waals surface area contributed by atoms with Gasteiger partial charge >= 0.3 is 6.03 Å². The average molecular weight is 178 g/mol. The quantitative estimate of drug-likeness (QED) is 0.677. The molecule has 1 atom stereocenters. The number of hydrogen-bond donors (Lipinski definition) is 1. The van der Waals surface area contributed by atoms with Crippen molar-refractivity contribution in [3.63, 3.8) is 0 Å². The highest BCUT2D eigenvalue weighted by molar-refractivity contribution is 5.92. The maximum absolute atomic E-state index is 11.3. The van der Waals surface area contributed by atoms with Crippen molar-refractivity contribution < 1.29 is 4.79 Å². The number of amides is 2. The molecule has 2 rings (SSSR count). The van der Waals surface area contributed by atoms with E-state index in [-0.39, 0.29) is 12.1 Å². The van der Waals surface area contributed by atoms with E-state index in [1.807, 2.05) is 6.92 Å². The Hall–Kier alpha value is -1.65. The molecule has 13 heavy (non-hydrogen) atoms. The molecule has 0 radical (unpaired) electrons. The molecule has 1 N–H and O–H groups in total. The van der Waals surface area contributed by atoms with E-state index in [0.717, 1.165) is 0 Å². The summed E-state index contributed by atoms with van der Waals surface area (Å²) in [7, 11) is 0. The van der Waals surface area contributed by atoms with Crippen LogP contribution in [-0.2, 0) is 0 Å². The van der Waals surface area contributed by atoms with Gasteiger partial charge in [-0.2, -0.15) is 0 Å². The molecule has 1 aliphatic heterocycles. The third-order valence-corrected chi connectivity index (χ3v) is 1.87. The summed E-state index contributed by atoms with van der Waals surface area (Å²) in [5.41, 5.74) is 0. The summed E-state index contributed by atoms with van der Waals surface area (Å²) < 4.78 is 0. The van der Waals surface area contributed by atoms with Gasteiger partial charge in [0.25, 0.3) is 0 Å². The van der Waals surface area contributed by atoms with E-state index < -0.39 is 0 Å². The van der Waals surface area contributed by atoms with Crippen LogP contribution >= 0.6 is 0 Å². The van der Waals surface area contributed by atoms with Crippen LogP contribution in [0.2, 0.25) is 0 Å². The van der Waals surface area contributed by atoms with Crippen molar-refractivity contribution in [1.82, 2.24) is 15.3 Å². The smallest absolute Gasteiger partial charge is 0.324 e. The monoisotopic (exact) mass is 178 g/mol. The largest absolute Gasteiger partial charge is 0.333 e. The van der Waals surface area contributed by atoms with Crippen molar-refractivity contribution in [2.24, 2.45) is 0 Å². The van der Waals surface area contributed by atoms with Crippen LogP contribution in [0.5, 0.6) is 0 Å². The summed E-state index contributed by atoms with van der Waals surface area (Å²) in [5, 5.41) is 2.77. The first-order valence-electron chi connectivity index (χ1n) is 4.12. The molecule has 1 aliphatic rings. The predicted octanol–water partition coefficient (Wildman–Crippen LogP) is 0.395. The number of anilines is 1. The van der Waals surface area contributed by atoms with E-state index in [1.165, 1.54) is 4.90 Å². The number of rotatable bonds is 1. The van der Waals surface area contributed by atoms with Gasteiger partial charge in [0.15, 0.2) is 0 Å². The Morgan fingerprint density at radius 3 is 2.77 bits per heavy atom. The fourth-order valence-corrected chi connectivity index (χ4v) is 1.29. The minimum absolute atomic E-state index is 0.126. The summed E-state index contributed by atoms with van der Waals surface area (Å²) in [6, 6.07) is 1.76. The maximum Gasteiger partial charge on any atom is 0.324 e. The number of carbonyl (C=O) groups is 1. The van der Waals surface area contributed by atoms with Crippen LogP contribution in [0.1, 0.15) is 6.92 Å². The minimum atomic E-state index is -0.126. The number of aromatic nitrogens is 2. The molecule has 1 fully saturated rings. The molecule has 5 nitrogen and oxygen atoms in total. The second-order valence-corrected chi connectivity index (χ2v) is 3.01. The molecule has 0 aromatic carbocycles. The zero-order valence-electron chi connectivity index (χ0n) is 7.27. The minimum Gasteiger partial charge on any atom is -0.333 e. The Kier molecular flexibility index (Phi) is 1.84. The second kappa shape index (κ2) is 3.01. The van der Waals surface area contributed by atoms with Gasteiger partial charge in [-0.1, -0.05) is 0 Å². The van der Waals surface area contributed by atoms with Crippen molar-refractivity contribution >= 4 is 12.0 Å². The lowest BCUT2D eigenvalue weighted by atomic mass is 10.4. The molecular formula is C8H10N4O. The van der Waals surface area contributed by atoms with Crippen LogP contribution in [0.25, 0.3) is 0 Å². The SMILES string of the molecule is CC1CN(c2ncccn2)C(=O)N1. The summed E-state index contributed by atoms with van der Waals surface area (Å²) >= 11 is 0. The summed E-state index contributed by atoms with van der Waals surface area (Å²) in [6.45, 7) is 2.57. The van der Waals surface area contributed by atoms with Crippen molar-refractivity contribution in [2.75, 3.05) is 11.4 Å². The highest BCUT2D eigenvalue weighted by atomic mass is 16.2. The number of carbonyl (C=O) groups excluding carboxylic acids is 1. The van der Waals surface area contributed by atoms with E-state index in [0.29, 0.717) is 12.5 Å². The van der Waals surface area contributed by atoms with E-state index in [1.54, 1.807) is 18.5 Å². The van der Waals surface area contributed by atoms with Gasteiger partial charge in [-0.3, -0.25) is 4.90 Å². The van der Waals surface area contributed by atoms with Crippen LogP contribution in [0.3, 0.4) is 0 Å². The Bertz CT molecular complexity index is 313. The van der Waals surface area contributed by atoms with Gasteiger partial charge in [0.1, 0.15) is 0 Å². The first-order valence-corrected chi connectivity index (χ1v) is 4.12. The third-order valence-electron chi connectivity index (χ3n) is 1.87. The molecule has 68 valence electrons. The molecule has 0 spiro atoms. The standard InChI is InChI=1S/C8H10N4O/c1-6-5-12(8(13)11-6)7-9-3-2-4-10-7/h2-4,6H,5H2,1H3,(H,11,13). The number of nitrogens with one attached hydrogen (secondary N) is 1. The molecule has 1 aromatic heterocycles.